The van der Waals surface area contributed by atoms with Gasteiger partial charge >= 0.3 is 5.97 Å². The van der Waals surface area contributed by atoms with Crippen LogP contribution in [0.2, 0.25) is 0 Å². The second-order valence-electron chi connectivity index (χ2n) is 3.93. The van der Waals surface area contributed by atoms with Gasteiger partial charge in [0, 0.05) is 4.88 Å². The number of rotatable bonds is 3. The molecule has 86 valence electrons. The first-order valence-electron chi connectivity index (χ1n) is 5.71. The van der Waals surface area contributed by atoms with Crippen molar-refractivity contribution >= 4 is 17.3 Å². The molecule has 1 aliphatic carbocycles. The van der Waals surface area contributed by atoms with Crippen molar-refractivity contribution in [1.29, 1.82) is 0 Å². The van der Waals surface area contributed by atoms with Crippen LogP contribution in [0.5, 0.6) is 0 Å². The van der Waals surface area contributed by atoms with Crippen LogP contribution in [-0.2, 0) is 17.6 Å². The highest BCUT2D eigenvalue weighted by Crippen LogP contribution is 2.29. The highest BCUT2D eigenvalue weighted by Gasteiger charge is 2.17. The van der Waals surface area contributed by atoms with E-state index in [1.165, 1.54) is 23.3 Å². The zero-order chi connectivity index (χ0) is 11.4. The van der Waals surface area contributed by atoms with Crippen LogP contribution >= 0.6 is 11.3 Å². The summed E-state index contributed by atoms with van der Waals surface area (Å²) < 4.78 is 5.13. The molecule has 0 atom stereocenters. The Morgan fingerprint density at radius 1 is 1.50 bits per heavy atom. The zero-order valence-corrected chi connectivity index (χ0v) is 10.3. The van der Waals surface area contributed by atoms with E-state index in [0.717, 1.165) is 17.7 Å². The first-order chi connectivity index (χ1) is 7.81. The molecular formula is C13H16O2S. The van der Waals surface area contributed by atoms with Crippen LogP contribution in [0.4, 0.5) is 0 Å². The van der Waals surface area contributed by atoms with Crippen molar-refractivity contribution < 1.29 is 9.53 Å². The van der Waals surface area contributed by atoms with Gasteiger partial charge in [0.2, 0.25) is 0 Å². The fourth-order valence-corrected chi connectivity index (χ4v) is 3.03. The molecular weight excluding hydrogens is 220 g/mol. The Hall–Kier alpha value is -1.09. The predicted octanol–water partition coefficient (Wildman–Crippen LogP) is 3.36. The first kappa shape index (κ1) is 11.4. The van der Waals surface area contributed by atoms with Gasteiger partial charge in [0.05, 0.1) is 0 Å². The van der Waals surface area contributed by atoms with Gasteiger partial charge in [-0.1, -0.05) is 12.2 Å². The molecule has 2 rings (SSSR count). The van der Waals surface area contributed by atoms with Crippen LogP contribution < -0.4 is 0 Å². The van der Waals surface area contributed by atoms with Crippen LogP contribution in [0.15, 0.2) is 18.2 Å². The lowest BCUT2D eigenvalue weighted by atomic mass is 9.99. The number of carbonyl (C=O) groups is 1. The van der Waals surface area contributed by atoms with E-state index in [9.17, 15) is 4.79 Å². The third kappa shape index (κ3) is 2.53. The molecule has 0 aliphatic heterocycles. The van der Waals surface area contributed by atoms with Crippen molar-refractivity contribution in [3.05, 3.63) is 33.5 Å². The summed E-state index contributed by atoms with van der Waals surface area (Å²) in [4.78, 5) is 13.8. The molecule has 0 N–H and O–H groups in total. The number of hydrogen-bond acceptors (Lipinski definition) is 3. The van der Waals surface area contributed by atoms with Gasteiger partial charge in [-0.3, -0.25) is 0 Å². The summed E-state index contributed by atoms with van der Waals surface area (Å²) in [6.07, 6.45) is 8.46. The SMILES string of the molecule is C/C=C/COC(=O)c1cc2c(s1)CCCC2. The molecule has 1 aromatic heterocycles. The summed E-state index contributed by atoms with van der Waals surface area (Å²) in [6, 6.07) is 2.01. The van der Waals surface area contributed by atoms with E-state index in [0.29, 0.717) is 6.61 Å². The maximum absolute atomic E-state index is 11.7. The summed E-state index contributed by atoms with van der Waals surface area (Å²) in [5.41, 5.74) is 1.36. The summed E-state index contributed by atoms with van der Waals surface area (Å²) in [7, 11) is 0. The highest BCUT2D eigenvalue weighted by molar-refractivity contribution is 7.14. The Morgan fingerprint density at radius 2 is 2.31 bits per heavy atom. The van der Waals surface area contributed by atoms with Crippen molar-refractivity contribution in [3.8, 4) is 0 Å². The molecule has 0 saturated carbocycles. The summed E-state index contributed by atoms with van der Waals surface area (Å²) in [6.45, 7) is 2.29. The molecule has 0 spiro atoms. The van der Waals surface area contributed by atoms with Gasteiger partial charge in [0.15, 0.2) is 0 Å². The molecule has 1 heterocycles. The van der Waals surface area contributed by atoms with Crippen LogP contribution in [-0.4, -0.2) is 12.6 Å². The van der Waals surface area contributed by atoms with E-state index in [-0.39, 0.29) is 5.97 Å². The van der Waals surface area contributed by atoms with Crippen molar-refractivity contribution in [3.63, 3.8) is 0 Å². The number of hydrogen-bond donors (Lipinski definition) is 0. The van der Waals surface area contributed by atoms with E-state index in [4.69, 9.17) is 4.74 Å². The molecule has 0 fully saturated rings. The molecule has 0 bridgehead atoms. The molecule has 1 aliphatic rings. The minimum absolute atomic E-state index is 0.183. The van der Waals surface area contributed by atoms with Gasteiger partial charge < -0.3 is 4.74 Å². The number of esters is 1. The summed E-state index contributed by atoms with van der Waals surface area (Å²) in [5.74, 6) is -0.183. The molecule has 0 amide bonds. The van der Waals surface area contributed by atoms with Crippen molar-refractivity contribution in [1.82, 2.24) is 0 Å². The smallest absolute Gasteiger partial charge is 0.348 e. The van der Waals surface area contributed by atoms with Crippen molar-refractivity contribution in [2.75, 3.05) is 6.61 Å². The van der Waals surface area contributed by atoms with Gasteiger partial charge in [0.1, 0.15) is 11.5 Å². The molecule has 3 heteroatoms. The molecule has 0 aromatic carbocycles. The summed E-state index contributed by atoms with van der Waals surface area (Å²) in [5, 5.41) is 0. The van der Waals surface area contributed by atoms with E-state index in [1.54, 1.807) is 11.3 Å². The van der Waals surface area contributed by atoms with Gasteiger partial charge in [-0.2, -0.15) is 0 Å². The maximum Gasteiger partial charge on any atom is 0.348 e. The second-order valence-corrected chi connectivity index (χ2v) is 5.07. The van der Waals surface area contributed by atoms with E-state index >= 15 is 0 Å². The average molecular weight is 236 g/mol. The van der Waals surface area contributed by atoms with E-state index in [1.807, 2.05) is 25.1 Å². The Kier molecular flexibility index (Phi) is 3.78. The molecule has 2 nitrogen and oxygen atoms in total. The minimum atomic E-state index is -0.183. The number of fused-ring (bicyclic) bond motifs is 1. The molecule has 0 radical (unpaired) electrons. The first-order valence-corrected chi connectivity index (χ1v) is 6.53. The number of ether oxygens (including phenoxy) is 1. The topological polar surface area (TPSA) is 26.3 Å². The normalized spacial score (nSPS) is 15.1. The van der Waals surface area contributed by atoms with Crippen LogP contribution in [0.3, 0.4) is 0 Å². The Balaban J connectivity index is 2.03. The monoisotopic (exact) mass is 236 g/mol. The lowest BCUT2D eigenvalue weighted by Gasteiger charge is -2.08. The number of thiophene rings is 1. The van der Waals surface area contributed by atoms with Gasteiger partial charge in [-0.05, 0) is 44.2 Å². The number of carbonyl (C=O) groups excluding carboxylic acids is 1. The van der Waals surface area contributed by atoms with E-state index < -0.39 is 0 Å². The average Bonchev–Trinajstić information content (AvgIpc) is 2.73. The van der Waals surface area contributed by atoms with Crippen molar-refractivity contribution in [2.45, 2.75) is 32.6 Å². The third-order valence-electron chi connectivity index (χ3n) is 2.74. The van der Waals surface area contributed by atoms with Crippen molar-refractivity contribution in [2.24, 2.45) is 0 Å². The fraction of sp³-hybridized carbons (Fsp3) is 0.462. The number of allylic oxidation sites excluding steroid dienone is 1. The Bertz CT molecular complexity index is 381. The molecule has 16 heavy (non-hydrogen) atoms. The third-order valence-corrected chi connectivity index (χ3v) is 3.96. The van der Waals surface area contributed by atoms with Gasteiger partial charge in [0.25, 0.3) is 0 Å². The Morgan fingerprint density at radius 3 is 3.06 bits per heavy atom. The fourth-order valence-electron chi connectivity index (χ4n) is 1.88. The lowest BCUT2D eigenvalue weighted by molar-refractivity contribution is 0.0555. The molecule has 1 aromatic rings. The predicted molar refractivity (Wildman–Crippen MR) is 66.1 cm³/mol. The second kappa shape index (κ2) is 5.30. The van der Waals surface area contributed by atoms with Crippen LogP contribution in [0.1, 0.15) is 39.9 Å². The minimum Gasteiger partial charge on any atom is -0.457 e. The molecule has 0 unspecified atom stereocenters. The largest absolute Gasteiger partial charge is 0.457 e. The van der Waals surface area contributed by atoms with Crippen LogP contribution in [0.25, 0.3) is 0 Å². The van der Waals surface area contributed by atoms with Gasteiger partial charge in [-0.15, -0.1) is 11.3 Å². The van der Waals surface area contributed by atoms with E-state index in [2.05, 4.69) is 0 Å². The van der Waals surface area contributed by atoms with Crippen LogP contribution in [0, 0.1) is 0 Å². The quantitative estimate of drug-likeness (QED) is 0.594. The Labute approximate surface area is 99.9 Å². The maximum atomic E-state index is 11.7. The molecule has 0 saturated heterocycles. The lowest BCUT2D eigenvalue weighted by Crippen LogP contribution is -2.02. The summed E-state index contributed by atoms with van der Waals surface area (Å²) >= 11 is 1.60. The number of aryl methyl sites for hydroxylation is 2. The standard InChI is InChI=1S/C13H16O2S/c1-2-3-8-15-13(14)12-9-10-6-4-5-7-11(10)16-12/h2-3,9H,4-8H2,1H3/b3-2+. The highest BCUT2D eigenvalue weighted by atomic mass is 32.1. The zero-order valence-electron chi connectivity index (χ0n) is 9.49. The van der Waals surface area contributed by atoms with Gasteiger partial charge in [-0.25, -0.2) is 4.79 Å².